The van der Waals surface area contributed by atoms with Gasteiger partial charge >= 0.3 is 5.97 Å². The van der Waals surface area contributed by atoms with Crippen LogP contribution in [-0.4, -0.2) is 42.5 Å². The number of nitrogens with zero attached hydrogens (tertiary/aromatic N) is 1. The molecule has 0 bridgehead atoms. The smallest absolute Gasteiger partial charge is 0.325 e. The summed E-state index contributed by atoms with van der Waals surface area (Å²) >= 11 is 0. The average molecular weight is 244 g/mol. The number of carbonyl (C=O) groups is 2. The molecular formula is C12H24N2O3. The van der Waals surface area contributed by atoms with Crippen molar-refractivity contribution in [3.8, 4) is 0 Å². The first-order chi connectivity index (χ1) is 8.02. The van der Waals surface area contributed by atoms with Crippen molar-refractivity contribution in [2.75, 3.05) is 19.7 Å². The van der Waals surface area contributed by atoms with Gasteiger partial charge in [0.25, 0.3) is 0 Å². The third kappa shape index (κ3) is 6.94. The highest BCUT2D eigenvalue weighted by Crippen LogP contribution is 2.05. The lowest BCUT2D eigenvalue weighted by Crippen LogP contribution is -2.41. The molecule has 5 heteroatoms. The molecule has 0 aromatic rings. The Morgan fingerprint density at radius 3 is 2.41 bits per heavy atom. The quantitative estimate of drug-likeness (QED) is 0.509. The number of nitrogens with two attached hydrogens (primary N) is 1. The van der Waals surface area contributed by atoms with Crippen molar-refractivity contribution in [3.63, 3.8) is 0 Å². The molecule has 0 aliphatic heterocycles. The van der Waals surface area contributed by atoms with Crippen LogP contribution in [-0.2, 0) is 14.3 Å². The molecule has 5 nitrogen and oxygen atoms in total. The molecule has 0 aliphatic rings. The summed E-state index contributed by atoms with van der Waals surface area (Å²) in [6.45, 7) is 6.49. The molecule has 0 radical (unpaired) electrons. The van der Waals surface area contributed by atoms with E-state index in [4.69, 9.17) is 10.5 Å². The van der Waals surface area contributed by atoms with Crippen LogP contribution in [0.1, 0.15) is 40.0 Å². The van der Waals surface area contributed by atoms with Gasteiger partial charge in [-0.2, -0.15) is 0 Å². The third-order valence-corrected chi connectivity index (χ3v) is 2.39. The van der Waals surface area contributed by atoms with Crippen LogP contribution in [0.25, 0.3) is 0 Å². The molecule has 2 N–H and O–H groups in total. The summed E-state index contributed by atoms with van der Waals surface area (Å²) in [5.41, 5.74) is 5.37. The van der Waals surface area contributed by atoms with Crippen molar-refractivity contribution < 1.29 is 14.3 Å². The van der Waals surface area contributed by atoms with E-state index >= 15 is 0 Å². The van der Waals surface area contributed by atoms with Gasteiger partial charge in [-0.3, -0.25) is 9.59 Å². The Kier molecular flexibility index (Phi) is 8.40. The van der Waals surface area contributed by atoms with Crippen LogP contribution in [0, 0.1) is 0 Å². The highest BCUT2D eigenvalue weighted by atomic mass is 16.5. The predicted octanol–water partition coefficient (Wildman–Crippen LogP) is 0.915. The molecule has 0 saturated heterocycles. The first kappa shape index (κ1) is 15.9. The van der Waals surface area contributed by atoms with Crippen LogP contribution < -0.4 is 5.73 Å². The Morgan fingerprint density at radius 2 is 1.94 bits per heavy atom. The minimum Gasteiger partial charge on any atom is -0.465 e. The Balaban J connectivity index is 4.21. The summed E-state index contributed by atoms with van der Waals surface area (Å²) in [6.07, 6.45) is 2.03. The third-order valence-electron chi connectivity index (χ3n) is 2.39. The van der Waals surface area contributed by atoms with Crippen molar-refractivity contribution in [2.45, 2.75) is 46.1 Å². The fourth-order valence-electron chi connectivity index (χ4n) is 1.47. The van der Waals surface area contributed by atoms with Crippen molar-refractivity contribution in [3.05, 3.63) is 0 Å². The molecule has 0 aliphatic carbocycles. The van der Waals surface area contributed by atoms with Gasteiger partial charge in [-0.05, 0) is 40.2 Å². The number of ether oxygens (including phenoxy) is 1. The minimum atomic E-state index is -0.353. The molecule has 100 valence electrons. The first-order valence-corrected chi connectivity index (χ1v) is 6.18. The van der Waals surface area contributed by atoms with E-state index in [0.29, 0.717) is 19.6 Å². The summed E-state index contributed by atoms with van der Waals surface area (Å²) in [5, 5.41) is 0. The van der Waals surface area contributed by atoms with Gasteiger partial charge in [-0.15, -0.1) is 0 Å². The van der Waals surface area contributed by atoms with E-state index in [-0.39, 0.29) is 24.5 Å². The normalized spacial score (nSPS) is 10.4. The summed E-state index contributed by atoms with van der Waals surface area (Å²) < 4.78 is 4.85. The molecule has 0 rings (SSSR count). The van der Waals surface area contributed by atoms with Crippen molar-refractivity contribution >= 4 is 11.9 Å². The molecular weight excluding hydrogens is 220 g/mol. The SMILES string of the molecule is CCOC(=O)CN(C(=O)CCCCN)C(C)C. The number of amides is 1. The van der Waals surface area contributed by atoms with Crippen LogP contribution in [0.5, 0.6) is 0 Å². The van der Waals surface area contributed by atoms with E-state index in [1.165, 1.54) is 0 Å². The first-order valence-electron chi connectivity index (χ1n) is 6.18. The van der Waals surface area contributed by atoms with Gasteiger partial charge in [-0.1, -0.05) is 0 Å². The Labute approximate surface area is 103 Å². The highest BCUT2D eigenvalue weighted by molar-refractivity contribution is 5.82. The maximum absolute atomic E-state index is 11.9. The van der Waals surface area contributed by atoms with E-state index in [1.54, 1.807) is 11.8 Å². The predicted molar refractivity (Wildman–Crippen MR) is 66.4 cm³/mol. The largest absolute Gasteiger partial charge is 0.465 e. The van der Waals surface area contributed by atoms with Crippen LogP contribution in [0.4, 0.5) is 0 Å². The van der Waals surface area contributed by atoms with Gasteiger partial charge in [0.2, 0.25) is 5.91 Å². The molecule has 0 unspecified atom stereocenters. The van der Waals surface area contributed by atoms with Gasteiger partial charge in [0.1, 0.15) is 6.54 Å². The van der Waals surface area contributed by atoms with E-state index < -0.39 is 0 Å². The van der Waals surface area contributed by atoms with Crippen LogP contribution in [0.2, 0.25) is 0 Å². The van der Waals surface area contributed by atoms with Crippen LogP contribution >= 0.6 is 0 Å². The van der Waals surface area contributed by atoms with E-state index in [1.807, 2.05) is 13.8 Å². The highest BCUT2D eigenvalue weighted by Gasteiger charge is 2.19. The van der Waals surface area contributed by atoms with Crippen LogP contribution in [0.3, 0.4) is 0 Å². The van der Waals surface area contributed by atoms with Crippen LogP contribution in [0.15, 0.2) is 0 Å². The van der Waals surface area contributed by atoms with Crippen molar-refractivity contribution in [1.29, 1.82) is 0 Å². The average Bonchev–Trinajstić information content (AvgIpc) is 2.26. The van der Waals surface area contributed by atoms with Crippen molar-refractivity contribution in [2.24, 2.45) is 5.73 Å². The molecule has 0 aromatic heterocycles. The second kappa shape index (κ2) is 8.98. The monoisotopic (exact) mass is 244 g/mol. The summed E-state index contributed by atoms with van der Waals surface area (Å²) in [5.74, 6) is -0.366. The standard InChI is InChI=1S/C12H24N2O3/c1-4-17-12(16)9-14(10(2)3)11(15)7-5-6-8-13/h10H,4-9,13H2,1-3H3. The van der Waals surface area contributed by atoms with Crippen molar-refractivity contribution in [1.82, 2.24) is 4.90 Å². The maximum Gasteiger partial charge on any atom is 0.325 e. The molecule has 0 fully saturated rings. The minimum absolute atomic E-state index is 0.00443. The molecule has 0 atom stereocenters. The number of esters is 1. The fraction of sp³-hybridized carbons (Fsp3) is 0.833. The van der Waals surface area contributed by atoms with Gasteiger partial charge < -0.3 is 15.4 Å². The van der Waals surface area contributed by atoms with E-state index in [2.05, 4.69) is 0 Å². The second-order valence-electron chi connectivity index (χ2n) is 4.17. The zero-order valence-corrected chi connectivity index (χ0v) is 11.1. The Bertz CT molecular complexity index is 242. The number of unbranched alkanes of at least 4 members (excludes halogenated alkanes) is 1. The molecule has 0 spiro atoms. The lowest BCUT2D eigenvalue weighted by molar-refractivity contribution is -0.150. The number of carbonyl (C=O) groups excluding carboxylic acids is 2. The van der Waals surface area contributed by atoms with E-state index in [0.717, 1.165) is 12.8 Å². The molecule has 0 aromatic carbocycles. The molecule has 1 amide bonds. The molecule has 0 heterocycles. The lowest BCUT2D eigenvalue weighted by atomic mass is 10.2. The lowest BCUT2D eigenvalue weighted by Gasteiger charge is -2.25. The number of hydrogen-bond donors (Lipinski definition) is 1. The zero-order valence-electron chi connectivity index (χ0n) is 11.1. The number of hydrogen-bond acceptors (Lipinski definition) is 4. The fourth-order valence-corrected chi connectivity index (χ4v) is 1.47. The topological polar surface area (TPSA) is 72.6 Å². The summed E-state index contributed by atoms with van der Waals surface area (Å²) in [4.78, 5) is 24.8. The summed E-state index contributed by atoms with van der Waals surface area (Å²) in [7, 11) is 0. The van der Waals surface area contributed by atoms with Gasteiger partial charge in [0.15, 0.2) is 0 Å². The zero-order chi connectivity index (χ0) is 13.3. The number of rotatable bonds is 8. The summed E-state index contributed by atoms with van der Waals surface area (Å²) in [6, 6.07) is 0.00443. The Morgan fingerprint density at radius 1 is 1.29 bits per heavy atom. The van der Waals surface area contributed by atoms with E-state index in [9.17, 15) is 9.59 Å². The molecule has 0 saturated carbocycles. The Hall–Kier alpha value is -1.10. The molecule has 17 heavy (non-hydrogen) atoms. The van der Waals surface area contributed by atoms with Gasteiger partial charge in [0.05, 0.1) is 6.61 Å². The maximum atomic E-state index is 11.9. The van der Waals surface area contributed by atoms with Gasteiger partial charge in [0, 0.05) is 12.5 Å². The van der Waals surface area contributed by atoms with Gasteiger partial charge in [-0.25, -0.2) is 0 Å². The second-order valence-corrected chi connectivity index (χ2v) is 4.17.